The molecule has 2 rings (SSSR count). The van der Waals surface area contributed by atoms with Gasteiger partial charge in [0.05, 0.1) is 20.3 Å². The third-order valence-electron chi connectivity index (χ3n) is 4.05. The molecular weight excluding hydrogens is 447 g/mol. The van der Waals surface area contributed by atoms with Crippen LogP contribution in [-0.2, 0) is 16.0 Å². The molecule has 0 spiro atoms. The lowest BCUT2D eigenvalue weighted by Crippen LogP contribution is -2.41. The van der Waals surface area contributed by atoms with Crippen LogP contribution in [0.1, 0.15) is 18.9 Å². The van der Waals surface area contributed by atoms with Crippen molar-refractivity contribution in [1.82, 2.24) is 10.2 Å². The predicted molar refractivity (Wildman–Crippen MR) is 114 cm³/mol. The van der Waals surface area contributed by atoms with Crippen LogP contribution in [0.5, 0.6) is 0 Å². The molecule has 0 aromatic heterocycles. The van der Waals surface area contributed by atoms with Gasteiger partial charge in [-0.05, 0) is 31.0 Å². The average molecular weight is 476 g/mol. The second-order valence-corrected chi connectivity index (χ2v) is 6.09. The van der Waals surface area contributed by atoms with Crippen molar-refractivity contribution in [3.8, 4) is 0 Å². The Morgan fingerprint density at radius 3 is 2.69 bits per heavy atom. The Morgan fingerprint density at radius 2 is 2.12 bits per heavy atom. The number of ether oxygens (including phenoxy) is 2. The monoisotopic (exact) mass is 476 g/mol. The lowest BCUT2D eigenvalue weighted by atomic mass is 10.1. The average Bonchev–Trinajstić information content (AvgIpc) is 3.12. The van der Waals surface area contributed by atoms with E-state index in [1.165, 1.54) is 7.11 Å². The molecule has 0 bridgehead atoms. The van der Waals surface area contributed by atoms with Crippen LogP contribution in [0.3, 0.4) is 0 Å². The van der Waals surface area contributed by atoms with Gasteiger partial charge in [0, 0.05) is 38.3 Å². The molecule has 2 N–H and O–H groups in total. The summed E-state index contributed by atoms with van der Waals surface area (Å²) >= 11 is 0. The van der Waals surface area contributed by atoms with Crippen LogP contribution < -0.4 is 10.6 Å². The molecule has 1 fully saturated rings. The van der Waals surface area contributed by atoms with Crippen LogP contribution in [0.2, 0.25) is 0 Å². The minimum absolute atomic E-state index is 0. The highest BCUT2D eigenvalue weighted by Crippen LogP contribution is 2.14. The number of carbonyl (C=O) groups is 1. The van der Waals surface area contributed by atoms with Crippen molar-refractivity contribution in [2.75, 3.05) is 45.8 Å². The maximum absolute atomic E-state index is 11.2. The summed E-state index contributed by atoms with van der Waals surface area (Å²) in [5.41, 5.74) is 1.77. The Balaban J connectivity index is 0.00000338. The molecule has 1 aromatic rings. The number of anilines is 1. The second kappa shape index (κ2) is 11.9. The summed E-state index contributed by atoms with van der Waals surface area (Å²) in [5, 5.41) is 5.97. The zero-order valence-corrected chi connectivity index (χ0v) is 18.0. The van der Waals surface area contributed by atoms with Crippen molar-refractivity contribution in [1.29, 1.82) is 0 Å². The standard InChI is InChI=1S/C18H28N4O3.HI/c1-4-19-17(22(2)12-15-9-10-25-13-15)20-11-14-5-7-16(8-6-14)21-18(23)24-3;/h5-8,15H,4,9-13H2,1-3H3,(H,19,20)(H,21,23);1H. The third kappa shape index (κ3) is 7.36. The Kier molecular flexibility index (Phi) is 10.3. The lowest BCUT2D eigenvalue weighted by molar-refractivity contribution is 0.181. The van der Waals surface area contributed by atoms with Crippen LogP contribution in [0.15, 0.2) is 29.3 Å². The lowest BCUT2D eigenvalue weighted by Gasteiger charge is -2.24. The van der Waals surface area contributed by atoms with Crippen molar-refractivity contribution in [3.63, 3.8) is 0 Å². The number of methoxy groups -OCH3 is 1. The van der Waals surface area contributed by atoms with E-state index in [4.69, 9.17) is 9.73 Å². The molecule has 8 heteroatoms. The van der Waals surface area contributed by atoms with Gasteiger partial charge < -0.3 is 19.7 Å². The summed E-state index contributed by atoms with van der Waals surface area (Å²) in [4.78, 5) is 18.1. The van der Waals surface area contributed by atoms with Gasteiger partial charge in [0.2, 0.25) is 0 Å². The number of carbonyl (C=O) groups excluding carboxylic acids is 1. The molecule has 1 atom stereocenters. The van der Waals surface area contributed by atoms with Gasteiger partial charge >= 0.3 is 6.09 Å². The molecule has 26 heavy (non-hydrogen) atoms. The fourth-order valence-corrected chi connectivity index (χ4v) is 2.70. The molecule has 146 valence electrons. The summed E-state index contributed by atoms with van der Waals surface area (Å²) in [6, 6.07) is 7.58. The number of hydrogen-bond acceptors (Lipinski definition) is 4. The fraction of sp³-hybridized carbons (Fsp3) is 0.556. The molecule has 1 amide bonds. The first-order valence-corrected chi connectivity index (χ1v) is 8.63. The number of nitrogens with one attached hydrogen (secondary N) is 2. The van der Waals surface area contributed by atoms with Gasteiger partial charge in [0.1, 0.15) is 0 Å². The highest BCUT2D eigenvalue weighted by Gasteiger charge is 2.19. The van der Waals surface area contributed by atoms with Crippen molar-refractivity contribution >= 4 is 41.7 Å². The van der Waals surface area contributed by atoms with Crippen molar-refractivity contribution in [2.45, 2.75) is 19.9 Å². The normalized spacial score (nSPS) is 16.6. The van der Waals surface area contributed by atoms with E-state index in [0.29, 0.717) is 18.2 Å². The van der Waals surface area contributed by atoms with Crippen LogP contribution >= 0.6 is 24.0 Å². The molecule has 0 aliphatic carbocycles. The number of rotatable bonds is 6. The summed E-state index contributed by atoms with van der Waals surface area (Å²) in [6.07, 6.45) is 0.635. The molecule has 1 unspecified atom stereocenters. The topological polar surface area (TPSA) is 75.2 Å². The van der Waals surface area contributed by atoms with Gasteiger partial charge in [-0.25, -0.2) is 9.79 Å². The van der Waals surface area contributed by atoms with Crippen molar-refractivity contribution < 1.29 is 14.3 Å². The maximum Gasteiger partial charge on any atom is 0.411 e. The van der Waals surface area contributed by atoms with Crippen LogP contribution in [-0.4, -0.2) is 57.4 Å². The second-order valence-electron chi connectivity index (χ2n) is 6.09. The molecule has 0 saturated carbocycles. The number of halogens is 1. The third-order valence-corrected chi connectivity index (χ3v) is 4.05. The molecule has 0 radical (unpaired) electrons. The number of benzene rings is 1. The quantitative estimate of drug-likeness (QED) is 0.375. The van der Waals surface area contributed by atoms with Crippen LogP contribution in [0.4, 0.5) is 10.5 Å². The first kappa shape index (κ1) is 22.5. The first-order valence-electron chi connectivity index (χ1n) is 8.63. The van der Waals surface area contributed by atoms with Gasteiger partial charge in [-0.3, -0.25) is 5.32 Å². The minimum atomic E-state index is -0.474. The van der Waals surface area contributed by atoms with Crippen molar-refractivity contribution in [3.05, 3.63) is 29.8 Å². The molecule has 1 saturated heterocycles. The highest BCUT2D eigenvalue weighted by molar-refractivity contribution is 14.0. The van der Waals surface area contributed by atoms with Gasteiger partial charge in [-0.1, -0.05) is 12.1 Å². The summed E-state index contributed by atoms with van der Waals surface area (Å²) in [5.74, 6) is 1.46. The van der Waals surface area contributed by atoms with E-state index in [9.17, 15) is 4.79 Å². The molecular formula is C18H29IN4O3. The van der Waals surface area contributed by atoms with Crippen LogP contribution in [0, 0.1) is 5.92 Å². The van der Waals surface area contributed by atoms with E-state index in [2.05, 4.69) is 34.2 Å². The molecule has 1 aliphatic heterocycles. The smallest absolute Gasteiger partial charge is 0.411 e. The Hall–Kier alpha value is -1.55. The summed E-state index contributed by atoms with van der Waals surface area (Å²) in [6.45, 7) is 6.10. The predicted octanol–water partition coefficient (Wildman–Crippen LogP) is 2.92. The van der Waals surface area contributed by atoms with E-state index in [1.54, 1.807) is 0 Å². The van der Waals surface area contributed by atoms with E-state index in [0.717, 1.165) is 44.2 Å². The molecule has 7 nitrogen and oxygen atoms in total. The van der Waals surface area contributed by atoms with E-state index < -0.39 is 6.09 Å². The van der Waals surface area contributed by atoms with E-state index in [-0.39, 0.29) is 24.0 Å². The molecule has 1 heterocycles. The van der Waals surface area contributed by atoms with E-state index in [1.807, 2.05) is 24.3 Å². The van der Waals surface area contributed by atoms with Gasteiger partial charge in [0.15, 0.2) is 5.96 Å². The van der Waals surface area contributed by atoms with Gasteiger partial charge in [-0.15, -0.1) is 24.0 Å². The Morgan fingerprint density at radius 1 is 1.38 bits per heavy atom. The SMILES string of the molecule is CCNC(=NCc1ccc(NC(=O)OC)cc1)N(C)CC1CCOC1.I. The fourth-order valence-electron chi connectivity index (χ4n) is 2.70. The van der Waals surface area contributed by atoms with Gasteiger partial charge in [0.25, 0.3) is 0 Å². The number of amides is 1. The van der Waals surface area contributed by atoms with Crippen molar-refractivity contribution in [2.24, 2.45) is 10.9 Å². The zero-order chi connectivity index (χ0) is 18.1. The minimum Gasteiger partial charge on any atom is -0.453 e. The Bertz CT molecular complexity index is 574. The number of nitrogens with zero attached hydrogens (tertiary/aromatic N) is 2. The Labute approximate surface area is 172 Å². The van der Waals surface area contributed by atoms with Crippen LogP contribution in [0.25, 0.3) is 0 Å². The maximum atomic E-state index is 11.2. The summed E-state index contributed by atoms with van der Waals surface area (Å²) < 4.78 is 10.0. The number of guanidine groups is 1. The first-order chi connectivity index (χ1) is 12.1. The van der Waals surface area contributed by atoms with E-state index >= 15 is 0 Å². The molecule has 1 aromatic carbocycles. The molecule has 1 aliphatic rings. The highest BCUT2D eigenvalue weighted by atomic mass is 127. The summed E-state index contributed by atoms with van der Waals surface area (Å²) in [7, 11) is 3.40. The number of aliphatic imine (C=N–C) groups is 1. The largest absolute Gasteiger partial charge is 0.453 e. The van der Waals surface area contributed by atoms with Gasteiger partial charge in [-0.2, -0.15) is 0 Å². The zero-order valence-electron chi connectivity index (χ0n) is 15.7. The number of hydrogen-bond donors (Lipinski definition) is 2.